The molecule has 0 atom stereocenters. The van der Waals surface area contributed by atoms with Crippen LogP contribution in [0.5, 0.6) is 0 Å². The molecule has 1 aromatic heterocycles. The molecule has 0 saturated heterocycles. The van der Waals surface area contributed by atoms with Crippen LogP contribution in [0.4, 0.5) is 5.69 Å². The molecule has 1 aromatic carbocycles. The maximum absolute atomic E-state index is 8.72. The Balaban J connectivity index is 2.94. The third-order valence-corrected chi connectivity index (χ3v) is 2.20. The van der Waals surface area contributed by atoms with Crippen LogP contribution >= 0.6 is 11.6 Å². The van der Waals surface area contributed by atoms with Crippen molar-refractivity contribution in [3.05, 3.63) is 23.0 Å². The van der Waals surface area contributed by atoms with Crippen molar-refractivity contribution in [2.24, 2.45) is 0 Å². The van der Waals surface area contributed by atoms with Gasteiger partial charge in [-0.3, -0.25) is 0 Å². The molecule has 0 aliphatic heterocycles. The van der Waals surface area contributed by atoms with E-state index >= 15 is 0 Å². The van der Waals surface area contributed by atoms with Crippen LogP contribution < -0.4 is 5.73 Å². The summed E-state index contributed by atoms with van der Waals surface area (Å²) >= 11 is 5.89. The van der Waals surface area contributed by atoms with E-state index in [1.54, 1.807) is 6.07 Å². The summed E-state index contributed by atoms with van der Waals surface area (Å²) in [7, 11) is 0. The van der Waals surface area contributed by atoms with Gasteiger partial charge in [0.15, 0.2) is 0 Å². The highest BCUT2D eigenvalue weighted by molar-refractivity contribution is 6.37. The van der Waals surface area contributed by atoms with E-state index in [0.29, 0.717) is 16.1 Å². The minimum atomic E-state index is 0.281. The molecular weight excluding hydrogens is 188 g/mol. The summed E-state index contributed by atoms with van der Waals surface area (Å²) in [6.07, 6.45) is 1.51. The molecule has 0 fully saturated rings. The Morgan fingerprint density at radius 1 is 1.62 bits per heavy atom. The Labute approximate surface area is 78.9 Å². The first-order chi connectivity index (χ1) is 6.24. The van der Waals surface area contributed by atoms with E-state index < -0.39 is 0 Å². The molecule has 0 aliphatic rings. The Hall–Kier alpha value is -1.73. The minimum absolute atomic E-state index is 0.281. The number of H-pyrrole nitrogens is 1. The van der Waals surface area contributed by atoms with Gasteiger partial charge in [0.1, 0.15) is 11.6 Å². The van der Waals surface area contributed by atoms with Gasteiger partial charge in [0, 0.05) is 0 Å². The maximum Gasteiger partial charge on any atom is 0.109 e. The van der Waals surface area contributed by atoms with Crippen LogP contribution in [0, 0.1) is 11.3 Å². The average Bonchev–Trinajstić information content (AvgIpc) is 2.59. The number of aromatic nitrogens is 2. The maximum atomic E-state index is 8.72. The number of anilines is 1. The second kappa shape index (κ2) is 2.64. The van der Waals surface area contributed by atoms with Gasteiger partial charge in [0.05, 0.1) is 28.1 Å². The lowest BCUT2D eigenvalue weighted by Gasteiger charge is -2.00. The molecule has 13 heavy (non-hydrogen) atoms. The van der Waals surface area contributed by atoms with Crippen molar-refractivity contribution in [2.75, 3.05) is 5.73 Å². The third kappa shape index (κ3) is 1.02. The van der Waals surface area contributed by atoms with Crippen LogP contribution in [0.25, 0.3) is 11.0 Å². The van der Waals surface area contributed by atoms with Crippen LogP contribution in [0.1, 0.15) is 5.56 Å². The number of nitrogens with two attached hydrogens (primary N) is 1. The number of hydrogen-bond acceptors (Lipinski definition) is 3. The number of nitrogens with one attached hydrogen (secondary N) is 1. The van der Waals surface area contributed by atoms with Crippen LogP contribution in [0.2, 0.25) is 5.02 Å². The first kappa shape index (κ1) is 7.90. The minimum Gasteiger partial charge on any atom is -0.396 e. The van der Waals surface area contributed by atoms with Gasteiger partial charge in [-0.2, -0.15) is 5.26 Å². The monoisotopic (exact) mass is 192 g/mol. The Kier molecular flexibility index (Phi) is 1.61. The van der Waals surface area contributed by atoms with Gasteiger partial charge in [-0.25, -0.2) is 4.98 Å². The molecule has 0 saturated carbocycles. The topological polar surface area (TPSA) is 78.5 Å². The van der Waals surface area contributed by atoms with Gasteiger partial charge in [0.2, 0.25) is 0 Å². The van der Waals surface area contributed by atoms with Gasteiger partial charge in [-0.1, -0.05) is 11.6 Å². The third-order valence-electron chi connectivity index (χ3n) is 1.81. The molecule has 0 bridgehead atoms. The number of nitriles is 1. The fourth-order valence-electron chi connectivity index (χ4n) is 1.15. The Morgan fingerprint density at radius 2 is 2.38 bits per heavy atom. The number of fused-ring (bicyclic) bond motifs is 1. The molecule has 0 amide bonds. The summed E-state index contributed by atoms with van der Waals surface area (Å²) in [4.78, 5) is 6.84. The second-order valence-corrected chi connectivity index (χ2v) is 2.94. The molecule has 64 valence electrons. The SMILES string of the molecule is N#Cc1cc2[nH]cnc2c(Cl)c1N. The number of rotatable bonds is 0. The predicted molar refractivity (Wildman–Crippen MR) is 50.2 cm³/mol. The summed E-state index contributed by atoms with van der Waals surface area (Å²) in [6, 6.07) is 3.59. The van der Waals surface area contributed by atoms with Gasteiger partial charge < -0.3 is 10.7 Å². The lowest BCUT2D eigenvalue weighted by Crippen LogP contribution is -1.92. The van der Waals surface area contributed by atoms with Crippen LogP contribution in [-0.2, 0) is 0 Å². The number of nitrogen functional groups attached to an aromatic ring is 1. The number of hydrogen-bond donors (Lipinski definition) is 2. The van der Waals surface area contributed by atoms with E-state index in [0.717, 1.165) is 5.52 Å². The van der Waals surface area contributed by atoms with Gasteiger partial charge in [-0.05, 0) is 6.07 Å². The van der Waals surface area contributed by atoms with Crippen molar-refractivity contribution in [2.45, 2.75) is 0 Å². The number of benzene rings is 1. The van der Waals surface area contributed by atoms with Crippen molar-refractivity contribution in [3.63, 3.8) is 0 Å². The molecule has 0 unspecified atom stereocenters. The highest BCUT2D eigenvalue weighted by Gasteiger charge is 2.10. The number of nitrogens with zero attached hydrogens (tertiary/aromatic N) is 2. The molecule has 2 aromatic rings. The summed E-state index contributed by atoms with van der Waals surface area (Å²) in [5.41, 5.74) is 7.57. The van der Waals surface area contributed by atoms with Crippen LogP contribution in [0.15, 0.2) is 12.4 Å². The summed E-state index contributed by atoms with van der Waals surface area (Å²) in [5, 5.41) is 9.05. The molecule has 1 heterocycles. The molecule has 3 N–H and O–H groups in total. The first-order valence-corrected chi connectivity index (χ1v) is 3.93. The lowest BCUT2D eigenvalue weighted by molar-refractivity contribution is 1.34. The van der Waals surface area contributed by atoms with Crippen molar-refractivity contribution in [1.29, 1.82) is 5.26 Å². The fraction of sp³-hybridized carbons (Fsp3) is 0. The van der Waals surface area contributed by atoms with Gasteiger partial charge in [0.25, 0.3) is 0 Å². The van der Waals surface area contributed by atoms with E-state index in [1.165, 1.54) is 6.33 Å². The summed E-state index contributed by atoms with van der Waals surface area (Å²) in [6.45, 7) is 0. The quantitative estimate of drug-likeness (QED) is 0.624. The molecule has 0 spiro atoms. The fourth-order valence-corrected chi connectivity index (χ4v) is 1.40. The highest BCUT2D eigenvalue weighted by Crippen LogP contribution is 2.29. The van der Waals surface area contributed by atoms with E-state index in [9.17, 15) is 0 Å². The smallest absolute Gasteiger partial charge is 0.109 e. The summed E-state index contributed by atoms with van der Waals surface area (Å²) < 4.78 is 0. The molecule has 2 rings (SSSR count). The molecule has 4 nitrogen and oxygen atoms in total. The number of halogens is 1. The lowest BCUT2D eigenvalue weighted by atomic mass is 10.2. The molecular formula is C8H5ClN4. The summed E-state index contributed by atoms with van der Waals surface area (Å²) in [5.74, 6) is 0. The van der Waals surface area contributed by atoms with Crippen molar-refractivity contribution in [3.8, 4) is 6.07 Å². The Bertz CT molecular complexity index is 509. The van der Waals surface area contributed by atoms with E-state index in [4.69, 9.17) is 22.6 Å². The van der Waals surface area contributed by atoms with Crippen molar-refractivity contribution >= 4 is 28.3 Å². The standard InChI is InChI=1S/C8H5ClN4/c9-6-7(11)4(2-10)1-5-8(6)13-3-12-5/h1,3H,11H2,(H,12,13). The van der Waals surface area contributed by atoms with Crippen molar-refractivity contribution in [1.82, 2.24) is 9.97 Å². The van der Waals surface area contributed by atoms with Crippen LogP contribution in [-0.4, -0.2) is 9.97 Å². The first-order valence-electron chi connectivity index (χ1n) is 3.55. The zero-order valence-electron chi connectivity index (χ0n) is 6.50. The highest BCUT2D eigenvalue weighted by atomic mass is 35.5. The normalized spacial score (nSPS) is 10.2. The zero-order chi connectivity index (χ0) is 9.42. The molecule has 0 aliphatic carbocycles. The molecule has 0 radical (unpaired) electrons. The van der Waals surface area contributed by atoms with E-state index in [1.807, 2.05) is 6.07 Å². The average molecular weight is 193 g/mol. The largest absolute Gasteiger partial charge is 0.396 e. The Morgan fingerprint density at radius 3 is 3.08 bits per heavy atom. The van der Waals surface area contributed by atoms with Gasteiger partial charge >= 0.3 is 0 Å². The zero-order valence-corrected chi connectivity index (χ0v) is 7.26. The van der Waals surface area contributed by atoms with E-state index in [2.05, 4.69) is 9.97 Å². The molecule has 5 heteroatoms. The van der Waals surface area contributed by atoms with Crippen LogP contribution in [0.3, 0.4) is 0 Å². The predicted octanol–water partition coefficient (Wildman–Crippen LogP) is 1.67. The van der Waals surface area contributed by atoms with Gasteiger partial charge in [-0.15, -0.1) is 0 Å². The van der Waals surface area contributed by atoms with Crippen molar-refractivity contribution < 1.29 is 0 Å². The number of imidazole rings is 1. The second-order valence-electron chi connectivity index (χ2n) is 2.56. The number of aromatic amines is 1. The van der Waals surface area contributed by atoms with E-state index in [-0.39, 0.29) is 5.69 Å².